The van der Waals surface area contributed by atoms with Crippen LogP contribution in [0.4, 0.5) is 0 Å². The van der Waals surface area contributed by atoms with Crippen LogP contribution in [0.15, 0.2) is 104 Å². The lowest BCUT2D eigenvalue weighted by atomic mass is 9.96. The van der Waals surface area contributed by atoms with Crippen molar-refractivity contribution in [3.63, 3.8) is 0 Å². The zero-order valence-electron chi connectivity index (χ0n) is 15.8. The van der Waals surface area contributed by atoms with Crippen LogP contribution in [0.25, 0.3) is 6.08 Å². The largest absolute Gasteiger partial charge is 0.271 e. The molecule has 1 aromatic heterocycles. The lowest BCUT2D eigenvalue weighted by molar-refractivity contribution is 0.657. The molecule has 6 heteroatoms. The van der Waals surface area contributed by atoms with Crippen molar-refractivity contribution in [1.82, 2.24) is 4.57 Å². The van der Waals surface area contributed by atoms with Crippen LogP contribution in [0, 0.1) is 0 Å². The van der Waals surface area contributed by atoms with E-state index in [1.165, 1.54) is 11.3 Å². The molecule has 5 rings (SSSR count). The third kappa shape index (κ3) is 3.49. The Bertz CT molecular complexity index is 1410. The van der Waals surface area contributed by atoms with Gasteiger partial charge in [-0.2, -0.15) is 0 Å². The summed E-state index contributed by atoms with van der Waals surface area (Å²) in [5, 5.41) is 8.95. The van der Waals surface area contributed by atoms with E-state index >= 15 is 0 Å². The Kier molecular flexibility index (Phi) is 5.02. The molecule has 1 atom stereocenters. The molecule has 1 aliphatic heterocycles. The molecular formula is C24H16BrN3OS. The Balaban J connectivity index is 1.72. The predicted molar refractivity (Wildman–Crippen MR) is 125 cm³/mol. The number of fused-ring (bicyclic) bond motifs is 1. The maximum absolute atomic E-state index is 13.5. The molecule has 0 aliphatic carbocycles. The molecule has 30 heavy (non-hydrogen) atoms. The van der Waals surface area contributed by atoms with Crippen molar-refractivity contribution < 1.29 is 0 Å². The van der Waals surface area contributed by atoms with Gasteiger partial charge in [-0.05, 0) is 29.3 Å². The number of hydrogen-bond donors (Lipinski definition) is 0. The van der Waals surface area contributed by atoms with Crippen molar-refractivity contribution in [3.8, 4) is 0 Å². The van der Waals surface area contributed by atoms with Crippen LogP contribution in [0.5, 0.6) is 0 Å². The highest BCUT2D eigenvalue weighted by Gasteiger charge is 2.28. The second kappa shape index (κ2) is 7.97. The van der Waals surface area contributed by atoms with E-state index in [4.69, 9.17) is 0 Å². The fraction of sp³-hybridized carbons (Fsp3) is 0.0417. The Morgan fingerprint density at radius 2 is 1.53 bits per heavy atom. The third-order valence-electron chi connectivity index (χ3n) is 4.95. The maximum Gasteiger partial charge on any atom is 0.271 e. The number of hydrogen-bond acceptors (Lipinski definition) is 4. The first-order valence-corrected chi connectivity index (χ1v) is 11.1. The van der Waals surface area contributed by atoms with Gasteiger partial charge in [0, 0.05) is 10.0 Å². The summed E-state index contributed by atoms with van der Waals surface area (Å²) >= 11 is 4.81. The van der Waals surface area contributed by atoms with Gasteiger partial charge in [-0.3, -0.25) is 9.36 Å². The van der Waals surface area contributed by atoms with Gasteiger partial charge in [0.2, 0.25) is 4.80 Å². The van der Waals surface area contributed by atoms with Crippen LogP contribution in [-0.4, -0.2) is 10.3 Å². The first-order valence-electron chi connectivity index (χ1n) is 9.45. The van der Waals surface area contributed by atoms with Crippen LogP contribution < -0.4 is 14.9 Å². The minimum absolute atomic E-state index is 0.0566. The van der Waals surface area contributed by atoms with Crippen molar-refractivity contribution in [2.45, 2.75) is 6.04 Å². The lowest BCUT2D eigenvalue weighted by Crippen LogP contribution is -2.40. The summed E-state index contributed by atoms with van der Waals surface area (Å²) < 4.78 is 3.41. The van der Waals surface area contributed by atoms with Gasteiger partial charge in [0.15, 0.2) is 0 Å². The monoisotopic (exact) mass is 473 g/mol. The number of aromatic nitrogens is 1. The van der Waals surface area contributed by atoms with E-state index in [0.717, 1.165) is 26.9 Å². The molecule has 0 N–H and O–H groups in total. The maximum atomic E-state index is 13.5. The fourth-order valence-electron chi connectivity index (χ4n) is 3.54. The Labute approximate surface area is 185 Å². The first kappa shape index (κ1) is 18.9. The molecule has 0 spiro atoms. The summed E-state index contributed by atoms with van der Waals surface area (Å²) in [6, 6.07) is 27.5. The molecule has 0 saturated heterocycles. The van der Waals surface area contributed by atoms with Gasteiger partial charge in [0.1, 0.15) is 6.04 Å². The number of halogens is 1. The second-order valence-corrected chi connectivity index (χ2v) is 8.81. The molecule has 0 radical (unpaired) electrons. The summed E-state index contributed by atoms with van der Waals surface area (Å²) in [6.07, 6.45) is 1.91. The fourth-order valence-corrected chi connectivity index (χ4v) is 4.75. The molecule has 4 nitrogen and oxygen atoms in total. The molecule has 0 bridgehead atoms. The van der Waals surface area contributed by atoms with Crippen LogP contribution in [-0.2, 0) is 0 Å². The van der Waals surface area contributed by atoms with Crippen molar-refractivity contribution in [2.75, 3.05) is 0 Å². The average molecular weight is 474 g/mol. The number of benzene rings is 3. The van der Waals surface area contributed by atoms with E-state index < -0.39 is 0 Å². The molecule has 0 unspecified atom stereocenters. The highest BCUT2D eigenvalue weighted by atomic mass is 79.9. The zero-order chi connectivity index (χ0) is 20.5. The molecule has 146 valence electrons. The minimum atomic E-state index is -0.322. The van der Waals surface area contributed by atoms with E-state index in [9.17, 15) is 4.79 Å². The van der Waals surface area contributed by atoms with Crippen molar-refractivity contribution in [1.29, 1.82) is 0 Å². The molecule has 0 amide bonds. The van der Waals surface area contributed by atoms with Gasteiger partial charge in [-0.1, -0.05) is 100 Å². The van der Waals surface area contributed by atoms with E-state index in [1.54, 1.807) is 4.57 Å². The van der Waals surface area contributed by atoms with Crippen LogP contribution in [0.3, 0.4) is 0 Å². The van der Waals surface area contributed by atoms with Gasteiger partial charge in [0.05, 0.1) is 10.2 Å². The van der Waals surface area contributed by atoms with Crippen LogP contribution >= 0.6 is 27.3 Å². The first-order chi connectivity index (χ1) is 14.7. The highest BCUT2D eigenvalue weighted by Crippen LogP contribution is 2.24. The second-order valence-electron chi connectivity index (χ2n) is 6.88. The standard InChI is InChI=1S/C24H16BrN3OS/c25-19-13-11-16(12-14-19)15-20-23(29)28-22(18-9-5-2-6-10-18)21(26-27-24(28)30-20)17-7-3-1-4-8-17/h1-15,22H/b20-15+/t22-/m1/s1. The molecule has 0 fully saturated rings. The van der Waals surface area contributed by atoms with E-state index in [1.807, 2.05) is 91.0 Å². The van der Waals surface area contributed by atoms with E-state index in [2.05, 4.69) is 26.1 Å². The summed E-state index contributed by atoms with van der Waals surface area (Å²) in [4.78, 5) is 14.1. The van der Waals surface area contributed by atoms with Gasteiger partial charge >= 0.3 is 0 Å². The molecule has 0 saturated carbocycles. The predicted octanol–water partition coefficient (Wildman–Crippen LogP) is 4.13. The average Bonchev–Trinajstić information content (AvgIpc) is 3.11. The Morgan fingerprint density at radius 1 is 0.867 bits per heavy atom. The van der Waals surface area contributed by atoms with Gasteiger partial charge in [0.25, 0.3) is 5.56 Å². The van der Waals surface area contributed by atoms with Crippen LogP contribution in [0.2, 0.25) is 0 Å². The Morgan fingerprint density at radius 3 is 2.23 bits per heavy atom. The topological polar surface area (TPSA) is 46.7 Å². The van der Waals surface area contributed by atoms with E-state index in [0.29, 0.717) is 9.33 Å². The smallest absolute Gasteiger partial charge is 0.268 e. The van der Waals surface area contributed by atoms with Crippen molar-refractivity contribution in [2.24, 2.45) is 10.2 Å². The number of nitrogens with zero attached hydrogens (tertiary/aromatic N) is 3. The van der Waals surface area contributed by atoms with E-state index in [-0.39, 0.29) is 11.6 Å². The molecular weight excluding hydrogens is 458 g/mol. The lowest BCUT2D eigenvalue weighted by Gasteiger charge is -2.22. The highest BCUT2D eigenvalue weighted by molar-refractivity contribution is 9.10. The number of thiazole rings is 1. The summed E-state index contributed by atoms with van der Waals surface area (Å²) in [7, 11) is 0. The number of rotatable bonds is 3. The van der Waals surface area contributed by atoms with Crippen molar-refractivity contribution in [3.05, 3.63) is 126 Å². The molecule has 3 aromatic carbocycles. The molecule has 2 heterocycles. The van der Waals surface area contributed by atoms with Crippen molar-refractivity contribution >= 4 is 39.1 Å². The summed E-state index contributed by atoms with van der Waals surface area (Å²) in [6.45, 7) is 0. The normalized spacial score (nSPS) is 16.0. The summed E-state index contributed by atoms with van der Waals surface area (Å²) in [5.74, 6) is 0. The molecule has 4 aromatic rings. The van der Waals surface area contributed by atoms with Crippen LogP contribution in [0.1, 0.15) is 22.7 Å². The Hall–Kier alpha value is -3.09. The van der Waals surface area contributed by atoms with Gasteiger partial charge in [-0.25, -0.2) is 0 Å². The molecule has 1 aliphatic rings. The quantitative estimate of drug-likeness (QED) is 0.441. The zero-order valence-corrected chi connectivity index (χ0v) is 18.2. The van der Waals surface area contributed by atoms with Gasteiger partial charge in [-0.15, -0.1) is 10.2 Å². The van der Waals surface area contributed by atoms with Gasteiger partial charge < -0.3 is 0 Å². The summed E-state index contributed by atoms with van der Waals surface area (Å²) in [5.41, 5.74) is 3.64. The minimum Gasteiger partial charge on any atom is -0.268 e. The SMILES string of the molecule is O=c1/c(=C\c2ccc(Br)cc2)sc2n1[C@H](c1ccccc1)C(c1ccccc1)=NN=2. The third-order valence-corrected chi connectivity index (χ3v) is 6.45.